The number of nitrogens with zero attached hydrogens (tertiary/aromatic N) is 1. The molecule has 0 aromatic heterocycles. The summed E-state index contributed by atoms with van der Waals surface area (Å²) in [4.78, 5) is 4.67. The molecule has 0 bridgehead atoms. The number of guanidine groups is 1. The Kier molecular flexibility index (Phi) is 11.8. The number of hydrogen-bond acceptors (Lipinski definition) is 5. The zero-order chi connectivity index (χ0) is 21.1. The van der Waals surface area contributed by atoms with E-state index in [1.807, 2.05) is 43.3 Å². The lowest BCUT2D eigenvalue weighted by molar-refractivity contribution is 0.368. The van der Waals surface area contributed by atoms with E-state index in [0.717, 1.165) is 40.9 Å². The van der Waals surface area contributed by atoms with Crippen LogP contribution in [0.3, 0.4) is 0 Å². The van der Waals surface area contributed by atoms with Crippen LogP contribution in [0.4, 0.5) is 0 Å². The van der Waals surface area contributed by atoms with Gasteiger partial charge in [-0.15, -0.1) is 24.0 Å². The van der Waals surface area contributed by atoms with E-state index in [0.29, 0.717) is 25.3 Å². The highest BCUT2D eigenvalue weighted by atomic mass is 127. The molecule has 0 amide bonds. The third-order valence-electron chi connectivity index (χ3n) is 4.43. The highest BCUT2D eigenvalue weighted by Gasteiger charge is 2.13. The van der Waals surface area contributed by atoms with Gasteiger partial charge in [0.15, 0.2) is 5.96 Å². The van der Waals surface area contributed by atoms with Crippen LogP contribution in [-0.4, -0.2) is 47.5 Å². The van der Waals surface area contributed by atoms with Gasteiger partial charge in [-0.25, -0.2) is 4.99 Å². The van der Waals surface area contributed by atoms with Crippen molar-refractivity contribution in [3.8, 4) is 23.0 Å². The van der Waals surface area contributed by atoms with Crippen LogP contribution in [0, 0.1) is 0 Å². The van der Waals surface area contributed by atoms with Crippen molar-refractivity contribution in [2.24, 2.45) is 4.99 Å². The predicted molar refractivity (Wildman–Crippen MR) is 131 cm³/mol. The van der Waals surface area contributed by atoms with Crippen LogP contribution in [0.25, 0.3) is 0 Å². The standard InChI is InChI=1S/C22H31N3O4.HI/c1-6-23-22(25-15-16-9-7-8-10-19(16)27-3)24-12-11-18-20(28-4)13-17(26-2)14-21(18)29-5;/h7-10,13-14H,6,11-12,15H2,1-5H3,(H2,23,24,25);1H. The molecule has 30 heavy (non-hydrogen) atoms. The number of ether oxygens (including phenoxy) is 4. The minimum absolute atomic E-state index is 0. The Labute approximate surface area is 196 Å². The molecule has 0 aliphatic carbocycles. The Hall–Kier alpha value is -2.36. The van der Waals surface area contributed by atoms with Crippen LogP contribution in [0.5, 0.6) is 23.0 Å². The van der Waals surface area contributed by atoms with Crippen LogP contribution < -0.4 is 29.6 Å². The van der Waals surface area contributed by atoms with E-state index in [9.17, 15) is 0 Å². The molecule has 2 N–H and O–H groups in total. The van der Waals surface area contributed by atoms with Gasteiger partial charge >= 0.3 is 0 Å². The van der Waals surface area contributed by atoms with Crippen LogP contribution in [0.1, 0.15) is 18.1 Å². The molecule has 0 aliphatic heterocycles. The van der Waals surface area contributed by atoms with Crippen LogP contribution in [0.2, 0.25) is 0 Å². The second-order valence-corrected chi connectivity index (χ2v) is 6.19. The quantitative estimate of drug-likeness (QED) is 0.278. The fourth-order valence-corrected chi connectivity index (χ4v) is 2.97. The zero-order valence-electron chi connectivity index (χ0n) is 18.3. The number of nitrogens with one attached hydrogen (secondary N) is 2. The third kappa shape index (κ3) is 7.16. The van der Waals surface area contributed by atoms with Gasteiger partial charge in [0.2, 0.25) is 0 Å². The van der Waals surface area contributed by atoms with E-state index in [4.69, 9.17) is 18.9 Å². The minimum atomic E-state index is 0. The smallest absolute Gasteiger partial charge is 0.191 e. The molecule has 0 unspecified atom stereocenters. The van der Waals surface area contributed by atoms with Crippen molar-refractivity contribution < 1.29 is 18.9 Å². The maximum Gasteiger partial charge on any atom is 0.191 e. The van der Waals surface area contributed by atoms with Gasteiger partial charge in [-0.2, -0.15) is 0 Å². The highest BCUT2D eigenvalue weighted by Crippen LogP contribution is 2.34. The summed E-state index contributed by atoms with van der Waals surface area (Å²) in [7, 11) is 6.58. The molecule has 8 heteroatoms. The molecule has 0 atom stereocenters. The number of rotatable bonds is 10. The molecule has 2 aromatic carbocycles. The second-order valence-electron chi connectivity index (χ2n) is 6.19. The zero-order valence-corrected chi connectivity index (χ0v) is 20.6. The molecule has 166 valence electrons. The number of halogens is 1. The lowest BCUT2D eigenvalue weighted by Crippen LogP contribution is -2.38. The van der Waals surface area contributed by atoms with Crippen molar-refractivity contribution in [2.75, 3.05) is 41.5 Å². The van der Waals surface area contributed by atoms with Crippen LogP contribution in [-0.2, 0) is 13.0 Å². The normalized spacial score (nSPS) is 10.6. The Balaban J connectivity index is 0.00000450. The molecule has 0 spiro atoms. The molecule has 0 aliphatic rings. The Bertz CT molecular complexity index is 790. The number of benzene rings is 2. The summed E-state index contributed by atoms with van der Waals surface area (Å²) in [5.74, 6) is 3.74. The van der Waals surface area contributed by atoms with E-state index in [-0.39, 0.29) is 24.0 Å². The van der Waals surface area contributed by atoms with Crippen molar-refractivity contribution >= 4 is 29.9 Å². The van der Waals surface area contributed by atoms with Crippen molar-refractivity contribution in [3.63, 3.8) is 0 Å². The molecule has 2 rings (SSSR count). The largest absolute Gasteiger partial charge is 0.496 e. The number of hydrogen-bond donors (Lipinski definition) is 2. The first-order valence-corrected chi connectivity index (χ1v) is 9.59. The highest BCUT2D eigenvalue weighted by molar-refractivity contribution is 14.0. The number of aliphatic imine (C=N–C) groups is 1. The lowest BCUT2D eigenvalue weighted by atomic mass is 10.1. The Morgan fingerprint density at radius 3 is 2.07 bits per heavy atom. The molecule has 0 radical (unpaired) electrons. The first-order chi connectivity index (χ1) is 14.2. The van der Waals surface area contributed by atoms with E-state index < -0.39 is 0 Å². The van der Waals surface area contributed by atoms with Crippen LogP contribution >= 0.6 is 24.0 Å². The number of para-hydroxylation sites is 1. The van der Waals surface area contributed by atoms with Gasteiger partial charge in [-0.1, -0.05) is 18.2 Å². The SMILES string of the molecule is CCNC(=NCc1ccccc1OC)NCCc1c(OC)cc(OC)cc1OC.I. The van der Waals surface area contributed by atoms with Gasteiger partial charge in [-0.3, -0.25) is 0 Å². The molecule has 0 fully saturated rings. The molecule has 0 saturated heterocycles. The molecular weight excluding hydrogens is 497 g/mol. The first kappa shape index (κ1) is 25.7. The average Bonchev–Trinajstić information content (AvgIpc) is 2.77. The van der Waals surface area contributed by atoms with E-state index in [1.54, 1.807) is 28.4 Å². The lowest BCUT2D eigenvalue weighted by Gasteiger charge is -2.16. The average molecular weight is 529 g/mol. The predicted octanol–water partition coefficient (Wildman–Crippen LogP) is 3.64. The van der Waals surface area contributed by atoms with Crippen molar-refractivity contribution in [1.82, 2.24) is 10.6 Å². The summed E-state index contributed by atoms with van der Waals surface area (Å²) in [6.45, 7) is 3.99. The van der Waals surface area contributed by atoms with Crippen molar-refractivity contribution in [3.05, 3.63) is 47.5 Å². The Morgan fingerprint density at radius 2 is 1.50 bits per heavy atom. The van der Waals surface area contributed by atoms with Gasteiger partial charge in [0.25, 0.3) is 0 Å². The van der Waals surface area contributed by atoms with Gasteiger partial charge < -0.3 is 29.6 Å². The summed E-state index contributed by atoms with van der Waals surface area (Å²) in [6.07, 6.45) is 0.704. The van der Waals surface area contributed by atoms with Gasteiger partial charge in [0, 0.05) is 36.3 Å². The monoisotopic (exact) mass is 529 g/mol. The van der Waals surface area contributed by atoms with Crippen molar-refractivity contribution in [2.45, 2.75) is 19.9 Å². The number of methoxy groups -OCH3 is 4. The molecule has 2 aromatic rings. The fourth-order valence-electron chi connectivity index (χ4n) is 2.97. The first-order valence-electron chi connectivity index (χ1n) is 9.59. The van der Waals surface area contributed by atoms with E-state index in [2.05, 4.69) is 15.6 Å². The van der Waals surface area contributed by atoms with Crippen molar-refractivity contribution in [1.29, 1.82) is 0 Å². The molecule has 7 nitrogen and oxygen atoms in total. The minimum Gasteiger partial charge on any atom is -0.496 e. The summed E-state index contributed by atoms with van der Waals surface area (Å²) in [6, 6.07) is 11.6. The molecule has 0 saturated carbocycles. The van der Waals surface area contributed by atoms with Gasteiger partial charge in [0.1, 0.15) is 23.0 Å². The second kappa shape index (κ2) is 13.8. The summed E-state index contributed by atoms with van der Waals surface area (Å²) < 4.78 is 21.7. The third-order valence-corrected chi connectivity index (χ3v) is 4.43. The molecule has 0 heterocycles. The fraction of sp³-hybridized carbons (Fsp3) is 0.409. The van der Waals surface area contributed by atoms with Gasteiger partial charge in [0.05, 0.1) is 35.0 Å². The van der Waals surface area contributed by atoms with Gasteiger partial charge in [-0.05, 0) is 19.4 Å². The summed E-state index contributed by atoms with van der Waals surface area (Å²) in [5, 5.41) is 6.63. The van der Waals surface area contributed by atoms with E-state index >= 15 is 0 Å². The summed E-state index contributed by atoms with van der Waals surface area (Å²) >= 11 is 0. The molecular formula is C22H32IN3O4. The topological polar surface area (TPSA) is 73.3 Å². The maximum atomic E-state index is 5.52. The maximum absolute atomic E-state index is 5.52. The Morgan fingerprint density at radius 1 is 0.867 bits per heavy atom. The summed E-state index contributed by atoms with van der Waals surface area (Å²) in [5.41, 5.74) is 2.01. The van der Waals surface area contributed by atoms with E-state index in [1.165, 1.54) is 0 Å². The van der Waals surface area contributed by atoms with Crippen LogP contribution in [0.15, 0.2) is 41.4 Å².